The Morgan fingerprint density at radius 3 is 2.42 bits per heavy atom. The zero-order valence-corrected chi connectivity index (χ0v) is 12.0. The Bertz CT molecular complexity index is 382. The zero-order chi connectivity index (χ0) is 13.7. The molecule has 1 aliphatic carbocycles. The molecular weight excluding hydrogens is 238 g/mol. The molecule has 0 heterocycles. The van der Waals surface area contributed by atoms with Crippen LogP contribution >= 0.6 is 0 Å². The second-order valence-electron chi connectivity index (χ2n) is 5.66. The van der Waals surface area contributed by atoms with Crippen molar-refractivity contribution >= 4 is 0 Å². The van der Waals surface area contributed by atoms with E-state index in [0.717, 1.165) is 31.4 Å². The lowest BCUT2D eigenvalue weighted by Gasteiger charge is -2.33. The van der Waals surface area contributed by atoms with E-state index in [1.807, 2.05) is 12.1 Å². The predicted molar refractivity (Wildman–Crippen MR) is 77.4 cm³/mol. The molecule has 1 atom stereocenters. The average molecular weight is 263 g/mol. The van der Waals surface area contributed by atoms with Crippen LogP contribution in [0.15, 0.2) is 24.3 Å². The van der Waals surface area contributed by atoms with Crippen molar-refractivity contribution in [3.8, 4) is 5.75 Å². The summed E-state index contributed by atoms with van der Waals surface area (Å²) < 4.78 is 5.16. The lowest BCUT2D eigenvalue weighted by atomic mass is 9.84. The van der Waals surface area contributed by atoms with Crippen molar-refractivity contribution in [3.05, 3.63) is 29.8 Å². The number of rotatable bonds is 5. The standard InChI is InChI=1S/C16H25NO2/c1-13(14-6-8-15(19-2)9-7-14)17-12-16(18)10-4-3-5-11-16/h6-9,13,17-18H,3-5,10-12H2,1-2H3/t13-/m0/s1. The maximum Gasteiger partial charge on any atom is 0.118 e. The highest BCUT2D eigenvalue weighted by molar-refractivity contribution is 5.28. The maximum absolute atomic E-state index is 10.5. The van der Waals surface area contributed by atoms with Crippen LogP contribution in [-0.2, 0) is 0 Å². The molecule has 0 bridgehead atoms. The van der Waals surface area contributed by atoms with Gasteiger partial charge in [0.05, 0.1) is 12.7 Å². The molecule has 1 aromatic carbocycles. The lowest BCUT2D eigenvalue weighted by molar-refractivity contribution is 0.00300. The van der Waals surface area contributed by atoms with Gasteiger partial charge in [-0.3, -0.25) is 0 Å². The van der Waals surface area contributed by atoms with Crippen LogP contribution < -0.4 is 10.1 Å². The number of nitrogens with one attached hydrogen (secondary N) is 1. The van der Waals surface area contributed by atoms with Gasteiger partial charge in [-0.1, -0.05) is 31.4 Å². The lowest BCUT2D eigenvalue weighted by Crippen LogP contribution is -2.42. The molecule has 1 saturated carbocycles. The third-order valence-corrected chi connectivity index (χ3v) is 4.14. The predicted octanol–water partition coefficient (Wildman–Crippen LogP) is 3.04. The van der Waals surface area contributed by atoms with Gasteiger partial charge in [0.2, 0.25) is 0 Å². The van der Waals surface area contributed by atoms with Gasteiger partial charge in [0, 0.05) is 12.6 Å². The smallest absolute Gasteiger partial charge is 0.118 e. The molecular formula is C16H25NO2. The van der Waals surface area contributed by atoms with Crippen LogP contribution in [0.2, 0.25) is 0 Å². The van der Waals surface area contributed by atoms with Crippen molar-refractivity contribution in [2.75, 3.05) is 13.7 Å². The fraction of sp³-hybridized carbons (Fsp3) is 0.625. The van der Waals surface area contributed by atoms with Crippen LogP contribution in [-0.4, -0.2) is 24.4 Å². The Kier molecular flexibility index (Phi) is 4.83. The number of ether oxygens (including phenoxy) is 1. The van der Waals surface area contributed by atoms with E-state index in [9.17, 15) is 5.11 Å². The van der Waals surface area contributed by atoms with E-state index in [4.69, 9.17) is 4.74 Å². The van der Waals surface area contributed by atoms with E-state index in [1.165, 1.54) is 12.0 Å². The largest absolute Gasteiger partial charge is 0.497 e. The summed E-state index contributed by atoms with van der Waals surface area (Å²) in [6, 6.07) is 8.34. The molecule has 0 aromatic heterocycles. The van der Waals surface area contributed by atoms with Gasteiger partial charge in [0.1, 0.15) is 5.75 Å². The molecule has 3 heteroatoms. The SMILES string of the molecule is COc1ccc([C@H](C)NCC2(O)CCCCC2)cc1. The first-order valence-corrected chi connectivity index (χ1v) is 7.23. The average Bonchev–Trinajstić information content (AvgIpc) is 2.46. The fourth-order valence-corrected chi connectivity index (χ4v) is 2.74. The van der Waals surface area contributed by atoms with E-state index in [0.29, 0.717) is 6.54 Å². The van der Waals surface area contributed by atoms with E-state index in [-0.39, 0.29) is 6.04 Å². The van der Waals surface area contributed by atoms with Crippen molar-refractivity contribution in [2.24, 2.45) is 0 Å². The molecule has 0 aliphatic heterocycles. The topological polar surface area (TPSA) is 41.5 Å². The quantitative estimate of drug-likeness (QED) is 0.858. The van der Waals surface area contributed by atoms with E-state index in [2.05, 4.69) is 24.4 Å². The normalized spacial score (nSPS) is 19.9. The van der Waals surface area contributed by atoms with E-state index < -0.39 is 5.60 Å². The molecule has 0 amide bonds. The van der Waals surface area contributed by atoms with Crippen molar-refractivity contribution in [2.45, 2.75) is 50.7 Å². The second-order valence-corrected chi connectivity index (χ2v) is 5.66. The van der Waals surface area contributed by atoms with E-state index in [1.54, 1.807) is 7.11 Å². The Morgan fingerprint density at radius 1 is 1.21 bits per heavy atom. The molecule has 0 radical (unpaired) electrons. The molecule has 0 unspecified atom stereocenters. The molecule has 0 saturated heterocycles. The number of benzene rings is 1. The number of hydrogen-bond donors (Lipinski definition) is 2. The van der Waals surface area contributed by atoms with Crippen LogP contribution in [0.4, 0.5) is 0 Å². The minimum Gasteiger partial charge on any atom is -0.497 e. The Morgan fingerprint density at radius 2 is 1.84 bits per heavy atom. The summed E-state index contributed by atoms with van der Waals surface area (Å²) in [5.74, 6) is 0.877. The van der Waals surface area contributed by atoms with E-state index >= 15 is 0 Å². The van der Waals surface area contributed by atoms with Gasteiger partial charge in [0.25, 0.3) is 0 Å². The third-order valence-electron chi connectivity index (χ3n) is 4.14. The van der Waals surface area contributed by atoms with Crippen LogP contribution in [0.25, 0.3) is 0 Å². The first-order valence-electron chi connectivity index (χ1n) is 7.23. The van der Waals surface area contributed by atoms with Crippen molar-refractivity contribution in [1.82, 2.24) is 5.32 Å². The van der Waals surface area contributed by atoms with Gasteiger partial charge >= 0.3 is 0 Å². The van der Waals surface area contributed by atoms with Gasteiger partial charge in [0.15, 0.2) is 0 Å². The summed E-state index contributed by atoms with van der Waals surface area (Å²) in [6.07, 6.45) is 5.41. The third kappa shape index (κ3) is 3.95. The van der Waals surface area contributed by atoms with Gasteiger partial charge < -0.3 is 15.2 Å². The maximum atomic E-state index is 10.5. The number of aliphatic hydroxyl groups is 1. The van der Waals surface area contributed by atoms with Gasteiger partial charge in [-0.25, -0.2) is 0 Å². The highest BCUT2D eigenvalue weighted by Crippen LogP contribution is 2.28. The Hall–Kier alpha value is -1.06. The first-order chi connectivity index (χ1) is 9.13. The summed E-state index contributed by atoms with van der Waals surface area (Å²) in [6.45, 7) is 2.81. The second kappa shape index (κ2) is 6.40. The Labute approximate surface area is 116 Å². The van der Waals surface area contributed by atoms with Crippen molar-refractivity contribution < 1.29 is 9.84 Å². The summed E-state index contributed by atoms with van der Waals surface area (Å²) >= 11 is 0. The molecule has 19 heavy (non-hydrogen) atoms. The highest BCUT2D eigenvalue weighted by atomic mass is 16.5. The van der Waals surface area contributed by atoms with Crippen molar-refractivity contribution in [3.63, 3.8) is 0 Å². The minimum atomic E-state index is -0.501. The fourth-order valence-electron chi connectivity index (χ4n) is 2.74. The summed E-state index contributed by atoms with van der Waals surface area (Å²) in [4.78, 5) is 0. The molecule has 1 fully saturated rings. The molecule has 2 rings (SSSR count). The van der Waals surface area contributed by atoms with Gasteiger partial charge in [-0.15, -0.1) is 0 Å². The van der Waals surface area contributed by atoms with Crippen LogP contribution in [0, 0.1) is 0 Å². The molecule has 3 nitrogen and oxygen atoms in total. The van der Waals surface area contributed by atoms with Crippen LogP contribution in [0.3, 0.4) is 0 Å². The van der Waals surface area contributed by atoms with Gasteiger partial charge in [-0.2, -0.15) is 0 Å². The molecule has 1 aliphatic rings. The van der Waals surface area contributed by atoms with Crippen molar-refractivity contribution in [1.29, 1.82) is 0 Å². The summed E-state index contributed by atoms with van der Waals surface area (Å²) in [5, 5.41) is 13.9. The monoisotopic (exact) mass is 263 g/mol. The summed E-state index contributed by atoms with van der Waals surface area (Å²) in [7, 11) is 1.68. The molecule has 106 valence electrons. The van der Waals surface area contributed by atoms with Crippen LogP contribution in [0.5, 0.6) is 5.75 Å². The first kappa shape index (κ1) is 14.4. The Balaban J connectivity index is 1.87. The highest BCUT2D eigenvalue weighted by Gasteiger charge is 2.29. The summed E-state index contributed by atoms with van der Waals surface area (Å²) in [5.41, 5.74) is 0.721. The van der Waals surface area contributed by atoms with Gasteiger partial charge in [-0.05, 0) is 37.5 Å². The molecule has 2 N–H and O–H groups in total. The number of methoxy groups -OCH3 is 1. The zero-order valence-electron chi connectivity index (χ0n) is 12.0. The number of hydrogen-bond acceptors (Lipinski definition) is 3. The molecule has 0 spiro atoms. The molecule has 1 aromatic rings. The minimum absolute atomic E-state index is 0.247. The van der Waals surface area contributed by atoms with Crippen LogP contribution in [0.1, 0.15) is 50.6 Å².